The van der Waals surface area contributed by atoms with Crippen molar-refractivity contribution in [2.75, 3.05) is 5.32 Å². The van der Waals surface area contributed by atoms with E-state index in [4.69, 9.17) is 16.3 Å². The number of rotatable bonds is 5. The van der Waals surface area contributed by atoms with Gasteiger partial charge in [0.1, 0.15) is 12.4 Å². The lowest BCUT2D eigenvalue weighted by molar-refractivity contribution is 0.0981. The molecular formula is C23H19ClN4O2. The number of ketones is 1. The average Bonchev–Trinajstić information content (AvgIpc) is 2.93. The third-order valence-electron chi connectivity index (χ3n) is 4.82. The number of ether oxygens (including phenoxy) is 1. The number of nitrogens with one attached hydrogen (secondary N) is 1. The average molecular weight is 419 g/mol. The molecule has 30 heavy (non-hydrogen) atoms. The number of carbonyl (C=O) groups excluding carboxylic acids is 1. The second-order valence-corrected chi connectivity index (χ2v) is 7.52. The molecule has 150 valence electrons. The van der Waals surface area contributed by atoms with Crippen LogP contribution in [0.15, 0.2) is 48.7 Å². The Balaban J connectivity index is 1.54. The summed E-state index contributed by atoms with van der Waals surface area (Å²) in [7, 11) is 0. The van der Waals surface area contributed by atoms with E-state index in [1.54, 1.807) is 30.5 Å². The lowest BCUT2D eigenvalue weighted by Crippen LogP contribution is -2.07. The van der Waals surface area contributed by atoms with Crippen molar-refractivity contribution in [3.05, 3.63) is 76.1 Å². The summed E-state index contributed by atoms with van der Waals surface area (Å²) < 4.78 is 5.85. The first-order chi connectivity index (χ1) is 14.6. The number of halogens is 1. The molecule has 4 rings (SSSR count). The SMILES string of the molecule is N#Cc1cc(Nc2ncc3c(n2)CCCCC3=O)cc(OCc2cccc(Cl)c2)c1. The van der Waals surface area contributed by atoms with Gasteiger partial charge in [-0.15, -0.1) is 0 Å². The van der Waals surface area contributed by atoms with E-state index < -0.39 is 0 Å². The molecule has 7 heteroatoms. The van der Waals surface area contributed by atoms with Crippen molar-refractivity contribution in [1.29, 1.82) is 5.26 Å². The number of nitriles is 1. The van der Waals surface area contributed by atoms with Crippen molar-refractivity contribution in [2.45, 2.75) is 32.3 Å². The van der Waals surface area contributed by atoms with Crippen LogP contribution in [0.3, 0.4) is 0 Å². The van der Waals surface area contributed by atoms with Crippen LogP contribution in [0, 0.1) is 11.3 Å². The van der Waals surface area contributed by atoms with E-state index in [1.165, 1.54) is 0 Å². The summed E-state index contributed by atoms with van der Waals surface area (Å²) in [5.41, 5.74) is 3.39. The standard InChI is InChI=1S/C23H19ClN4O2/c24-17-5-3-4-15(8-17)14-30-19-10-16(12-25)9-18(11-19)27-23-26-13-20-21(28-23)6-1-2-7-22(20)29/h3-5,8-11,13H,1-2,6-7,14H2,(H,26,27,28). The molecule has 0 radical (unpaired) electrons. The first-order valence-corrected chi connectivity index (χ1v) is 10.1. The maximum atomic E-state index is 12.2. The summed E-state index contributed by atoms with van der Waals surface area (Å²) >= 11 is 6.02. The van der Waals surface area contributed by atoms with Crippen LogP contribution in [0.4, 0.5) is 11.6 Å². The van der Waals surface area contributed by atoms with Crippen molar-refractivity contribution >= 4 is 29.0 Å². The summed E-state index contributed by atoms with van der Waals surface area (Å²) in [6, 6.07) is 14.7. The maximum absolute atomic E-state index is 12.2. The third kappa shape index (κ3) is 4.76. The van der Waals surface area contributed by atoms with E-state index in [2.05, 4.69) is 21.4 Å². The summed E-state index contributed by atoms with van der Waals surface area (Å²) in [5, 5.41) is 13.1. The Hall–Kier alpha value is -3.43. The number of hydrogen-bond donors (Lipinski definition) is 1. The van der Waals surface area contributed by atoms with Crippen molar-refractivity contribution in [3.8, 4) is 11.8 Å². The number of benzene rings is 2. The number of aryl methyl sites for hydroxylation is 1. The highest BCUT2D eigenvalue weighted by molar-refractivity contribution is 6.30. The molecule has 0 unspecified atom stereocenters. The van der Waals surface area contributed by atoms with Gasteiger partial charge in [-0.25, -0.2) is 9.97 Å². The van der Waals surface area contributed by atoms with Gasteiger partial charge in [0.15, 0.2) is 5.78 Å². The van der Waals surface area contributed by atoms with Gasteiger partial charge in [0, 0.05) is 29.4 Å². The first kappa shape index (κ1) is 19.9. The van der Waals surface area contributed by atoms with Gasteiger partial charge in [-0.2, -0.15) is 5.26 Å². The largest absolute Gasteiger partial charge is 0.489 e. The smallest absolute Gasteiger partial charge is 0.227 e. The van der Waals surface area contributed by atoms with E-state index in [-0.39, 0.29) is 5.78 Å². The fourth-order valence-electron chi connectivity index (χ4n) is 3.36. The Morgan fingerprint density at radius 2 is 2.03 bits per heavy atom. The van der Waals surface area contributed by atoms with Gasteiger partial charge in [0.2, 0.25) is 5.95 Å². The molecule has 1 aromatic heterocycles. The fraction of sp³-hybridized carbons (Fsp3) is 0.217. The zero-order valence-corrected chi connectivity index (χ0v) is 16.9. The quantitative estimate of drug-likeness (QED) is 0.570. The molecule has 1 N–H and O–H groups in total. The van der Waals surface area contributed by atoms with Crippen molar-refractivity contribution < 1.29 is 9.53 Å². The molecule has 0 bridgehead atoms. The zero-order valence-electron chi connectivity index (χ0n) is 16.2. The van der Waals surface area contributed by atoms with E-state index in [0.717, 1.165) is 30.5 Å². The predicted molar refractivity (Wildman–Crippen MR) is 114 cm³/mol. The topological polar surface area (TPSA) is 87.9 Å². The minimum absolute atomic E-state index is 0.0947. The Bertz CT molecular complexity index is 1140. The summed E-state index contributed by atoms with van der Waals surface area (Å²) in [4.78, 5) is 21.0. The lowest BCUT2D eigenvalue weighted by Gasteiger charge is -2.11. The number of nitrogens with zero attached hydrogens (tertiary/aromatic N) is 3. The van der Waals surface area contributed by atoms with Crippen LogP contribution in [-0.2, 0) is 13.0 Å². The van der Waals surface area contributed by atoms with E-state index in [9.17, 15) is 10.1 Å². The Morgan fingerprint density at radius 3 is 2.87 bits per heavy atom. The van der Waals surface area contributed by atoms with Crippen LogP contribution in [0.2, 0.25) is 5.02 Å². The monoisotopic (exact) mass is 418 g/mol. The molecule has 0 saturated heterocycles. The molecule has 2 aromatic carbocycles. The number of Topliss-reactive ketones (excluding diaryl/α,β-unsaturated/α-hetero) is 1. The molecule has 0 aliphatic heterocycles. The van der Waals surface area contributed by atoms with Gasteiger partial charge in [0.05, 0.1) is 22.9 Å². The van der Waals surface area contributed by atoms with Crippen molar-refractivity contribution in [1.82, 2.24) is 9.97 Å². The highest BCUT2D eigenvalue weighted by atomic mass is 35.5. The van der Waals surface area contributed by atoms with Gasteiger partial charge in [-0.05, 0) is 49.1 Å². The Labute approximate surface area is 179 Å². The maximum Gasteiger partial charge on any atom is 0.227 e. The van der Waals surface area contributed by atoms with Crippen LogP contribution in [0.5, 0.6) is 5.75 Å². The zero-order chi connectivity index (χ0) is 20.9. The third-order valence-corrected chi connectivity index (χ3v) is 5.06. The fourth-order valence-corrected chi connectivity index (χ4v) is 3.57. The molecule has 1 aliphatic rings. The van der Waals surface area contributed by atoms with Gasteiger partial charge in [0.25, 0.3) is 0 Å². The molecule has 0 atom stereocenters. The highest BCUT2D eigenvalue weighted by Crippen LogP contribution is 2.25. The number of hydrogen-bond acceptors (Lipinski definition) is 6. The number of fused-ring (bicyclic) bond motifs is 1. The minimum Gasteiger partial charge on any atom is -0.489 e. The number of carbonyl (C=O) groups is 1. The lowest BCUT2D eigenvalue weighted by atomic mass is 10.1. The van der Waals surface area contributed by atoms with Gasteiger partial charge in [-0.3, -0.25) is 4.79 Å². The van der Waals surface area contributed by atoms with Crippen LogP contribution in [0.1, 0.15) is 46.4 Å². The molecule has 6 nitrogen and oxygen atoms in total. The summed E-state index contributed by atoms with van der Waals surface area (Å²) in [6.07, 6.45) is 4.68. The summed E-state index contributed by atoms with van der Waals surface area (Å²) in [6.45, 7) is 0.326. The van der Waals surface area contributed by atoms with E-state index in [1.807, 2.05) is 18.2 Å². The highest BCUT2D eigenvalue weighted by Gasteiger charge is 2.18. The molecule has 1 aliphatic carbocycles. The molecule has 1 heterocycles. The van der Waals surface area contributed by atoms with Crippen molar-refractivity contribution in [2.24, 2.45) is 0 Å². The second kappa shape index (κ2) is 8.93. The Kier molecular flexibility index (Phi) is 5.92. The molecule has 0 spiro atoms. The predicted octanol–water partition coefficient (Wildman–Crippen LogP) is 5.23. The molecule has 0 saturated carbocycles. The second-order valence-electron chi connectivity index (χ2n) is 7.09. The normalized spacial score (nSPS) is 13.1. The van der Waals surface area contributed by atoms with Crippen LogP contribution in [0.25, 0.3) is 0 Å². The van der Waals surface area contributed by atoms with E-state index in [0.29, 0.717) is 46.6 Å². The molecule has 3 aromatic rings. The van der Waals surface area contributed by atoms with Gasteiger partial charge < -0.3 is 10.1 Å². The number of anilines is 2. The van der Waals surface area contributed by atoms with Crippen LogP contribution in [-0.4, -0.2) is 15.8 Å². The van der Waals surface area contributed by atoms with Gasteiger partial charge in [-0.1, -0.05) is 23.7 Å². The van der Waals surface area contributed by atoms with Gasteiger partial charge >= 0.3 is 0 Å². The first-order valence-electron chi connectivity index (χ1n) is 9.69. The molecule has 0 amide bonds. The van der Waals surface area contributed by atoms with E-state index >= 15 is 0 Å². The van der Waals surface area contributed by atoms with Crippen LogP contribution < -0.4 is 10.1 Å². The molecule has 0 fully saturated rings. The number of aromatic nitrogens is 2. The molecular weight excluding hydrogens is 400 g/mol. The Morgan fingerprint density at radius 1 is 1.17 bits per heavy atom. The van der Waals surface area contributed by atoms with Crippen molar-refractivity contribution in [3.63, 3.8) is 0 Å². The minimum atomic E-state index is 0.0947. The summed E-state index contributed by atoms with van der Waals surface area (Å²) in [5.74, 6) is 1.03. The van der Waals surface area contributed by atoms with Crippen LogP contribution >= 0.6 is 11.6 Å².